The molecule has 32 heteroatoms. The van der Waals surface area contributed by atoms with Crippen LogP contribution in [0.25, 0.3) is 10.8 Å². The van der Waals surface area contributed by atoms with Crippen molar-refractivity contribution < 1.29 is 85.3 Å². The van der Waals surface area contributed by atoms with Crippen molar-refractivity contribution in [2.24, 2.45) is 37.7 Å². The number of benzene rings is 4. The molecule has 0 bridgehead atoms. The zero-order valence-electron chi connectivity index (χ0n) is 28.3. The number of hydrogen-bond donors (Lipinski definition) is 8. The highest BCUT2D eigenvalue weighted by molar-refractivity contribution is 7.95. The Balaban J connectivity index is 1.66. The zero-order valence-corrected chi connectivity index (χ0v) is 31.6. The maximum atomic E-state index is 12.5. The third kappa shape index (κ3) is 9.71. The number of aromatic hydroxyl groups is 3. The summed E-state index contributed by atoms with van der Waals surface area (Å²) in [6.07, 6.45) is 0. The van der Waals surface area contributed by atoms with E-state index >= 15 is 0 Å². The van der Waals surface area contributed by atoms with Gasteiger partial charge in [-0.1, -0.05) is 10.1 Å². The van der Waals surface area contributed by atoms with E-state index in [-0.39, 0.29) is 40.4 Å². The lowest BCUT2D eigenvalue weighted by Crippen LogP contribution is -2.00. The molecule has 0 atom stereocenters. The van der Waals surface area contributed by atoms with Crippen molar-refractivity contribution >= 4 is 101 Å². The van der Waals surface area contributed by atoms with Gasteiger partial charge in [0.2, 0.25) is 11.6 Å². The zero-order chi connectivity index (χ0) is 43.4. The average Bonchev–Trinajstić information content (AvgIpc) is 3.46. The van der Waals surface area contributed by atoms with Crippen molar-refractivity contribution in [2.75, 3.05) is 0 Å². The molecule has 0 radical (unpaired) electrons. The monoisotopic (exact) mass is 901 g/mol. The first kappa shape index (κ1) is 43.8. The molecule has 4 aromatic carbocycles. The molecule has 0 amide bonds. The van der Waals surface area contributed by atoms with E-state index in [2.05, 4.69) is 54.5 Å². The number of phenols is 2. The summed E-state index contributed by atoms with van der Waals surface area (Å²) >= 11 is 0.357. The Morgan fingerprint density at radius 3 is 1.95 bits per heavy atom. The van der Waals surface area contributed by atoms with Crippen molar-refractivity contribution in [1.29, 1.82) is 0 Å². The van der Waals surface area contributed by atoms with Gasteiger partial charge in [-0.05, 0) is 41.8 Å². The van der Waals surface area contributed by atoms with Crippen LogP contribution in [0.2, 0.25) is 0 Å². The highest BCUT2D eigenvalue weighted by atomic mass is 32.2. The number of aromatic carboxylic acids is 1. The fourth-order valence-corrected chi connectivity index (χ4v) is 6.96. The first-order valence-corrected chi connectivity index (χ1v) is 19.1. The molecular weight excluding hydrogens is 883 g/mol. The second kappa shape index (κ2) is 17.7. The van der Waals surface area contributed by atoms with E-state index in [1.807, 2.05) is 0 Å². The van der Waals surface area contributed by atoms with Gasteiger partial charge in [0.1, 0.15) is 32.5 Å². The van der Waals surface area contributed by atoms with Crippen molar-refractivity contribution in [1.82, 2.24) is 9.78 Å². The minimum atomic E-state index is -5.30. The Labute approximate surface area is 334 Å². The summed E-state index contributed by atoms with van der Waals surface area (Å²) in [5.74, 6) is -4.46. The molecule has 1 aromatic heterocycles. The number of carboxylic acid groups (broad SMARTS) is 1. The molecule has 0 saturated carbocycles. The second-order valence-electron chi connectivity index (χ2n) is 10.8. The molecule has 0 aliphatic carbocycles. The molecule has 5 aromatic rings. The number of nitro groups is 1. The Hall–Kier alpha value is -6.30. The molecule has 0 aliphatic rings. The quantitative estimate of drug-likeness (QED) is 0.0125. The Morgan fingerprint density at radius 2 is 1.34 bits per heavy atom. The minimum absolute atomic E-state index is 0.0759. The van der Waals surface area contributed by atoms with Crippen molar-refractivity contribution in [2.45, 2.75) is 19.6 Å². The lowest BCUT2D eigenvalue weighted by atomic mass is 10.1. The maximum absolute atomic E-state index is 12.5. The van der Waals surface area contributed by atoms with Crippen molar-refractivity contribution in [3.05, 3.63) is 64.3 Å². The van der Waals surface area contributed by atoms with Crippen LogP contribution in [-0.2, 0) is 46.0 Å². The summed E-state index contributed by atoms with van der Waals surface area (Å²) in [6, 6.07) is 7.14. The number of azo groups is 3. The van der Waals surface area contributed by atoms with Crippen LogP contribution in [0.5, 0.6) is 17.4 Å². The van der Waals surface area contributed by atoms with Gasteiger partial charge in [0.25, 0.3) is 25.9 Å². The summed E-state index contributed by atoms with van der Waals surface area (Å²) < 4.78 is 78.5. The van der Waals surface area contributed by atoms with E-state index in [9.17, 15) is 61.3 Å². The number of non-ortho nitro benzene ring substituents is 1. The Bertz CT molecular complexity index is 2830. The van der Waals surface area contributed by atoms with Gasteiger partial charge in [-0.2, -0.15) is 27.0 Å². The van der Waals surface area contributed by atoms with Gasteiger partial charge in [-0.25, -0.2) is 20.0 Å². The van der Waals surface area contributed by atoms with Crippen LogP contribution in [-0.4, -0.2) is 77.6 Å². The van der Waals surface area contributed by atoms with Crippen molar-refractivity contribution in [3.63, 3.8) is 0 Å². The molecule has 310 valence electrons. The lowest BCUT2D eigenvalue weighted by Gasteiger charge is -2.13. The largest absolute Gasteiger partial charge is 0.505 e. The normalized spacial score (nSPS) is 12.4. The fourth-order valence-electron chi connectivity index (χ4n) is 4.69. The molecule has 8 N–H and O–H groups in total. The highest BCUT2D eigenvalue weighted by Gasteiger charge is 2.28. The summed E-state index contributed by atoms with van der Waals surface area (Å²) in [5.41, 5.74) is -4.71. The van der Waals surface area contributed by atoms with E-state index in [0.29, 0.717) is 12.1 Å². The number of carboxylic acids is 1. The van der Waals surface area contributed by atoms with Gasteiger partial charge in [0.15, 0.2) is 17.2 Å². The first-order chi connectivity index (χ1) is 27.8. The highest BCUT2D eigenvalue weighted by Crippen LogP contribution is 2.51. The number of rotatable bonds is 16. The second-order valence-corrected chi connectivity index (χ2v) is 15.0. The van der Waals surface area contributed by atoms with E-state index in [1.165, 1.54) is 13.1 Å². The number of aromatic nitrogens is 2. The summed E-state index contributed by atoms with van der Waals surface area (Å²) in [5, 5.41) is 103. The maximum Gasteiger partial charge on any atom is 0.358 e. The van der Waals surface area contributed by atoms with Gasteiger partial charge in [-0.3, -0.25) is 19.2 Å². The van der Waals surface area contributed by atoms with Gasteiger partial charge in [0, 0.05) is 19.2 Å². The van der Waals surface area contributed by atoms with Crippen LogP contribution in [0, 0.1) is 10.1 Å². The third-order valence-electron chi connectivity index (χ3n) is 7.19. The molecule has 1 heterocycles. The Morgan fingerprint density at radius 1 is 0.763 bits per heavy atom. The summed E-state index contributed by atoms with van der Waals surface area (Å²) in [4.78, 5) is 19.0. The predicted octanol–water partition coefficient (Wildman–Crippen LogP) is 6.89. The van der Waals surface area contributed by atoms with Crippen LogP contribution in [0.4, 0.5) is 39.8 Å². The van der Waals surface area contributed by atoms with Gasteiger partial charge in [0.05, 0.1) is 49.9 Å². The van der Waals surface area contributed by atoms with Gasteiger partial charge in [-0.15, -0.1) is 34.2 Å². The molecule has 0 fully saturated rings. The molecule has 0 spiro atoms. The number of nitro benzene ring substituents is 1. The third-order valence-corrected chi connectivity index (χ3v) is 10.2. The number of hydrogen-bond acceptors (Lipinski definition) is 25. The van der Waals surface area contributed by atoms with E-state index in [0.717, 1.165) is 35.0 Å². The topological polar surface area (TPSA) is 419 Å². The van der Waals surface area contributed by atoms with E-state index < -0.39 is 108 Å². The van der Waals surface area contributed by atoms with Crippen LogP contribution in [0.3, 0.4) is 0 Å². The average molecular weight is 902 g/mol. The van der Waals surface area contributed by atoms with Crippen LogP contribution in [0.1, 0.15) is 10.5 Å². The minimum Gasteiger partial charge on any atom is -0.505 e. The Kier molecular flexibility index (Phi) is 13.1. The van der Waals surface area contributed by atoms with E-state index in [1.54, 1.807) is 0 Å². The molecule has 59 heavy (non-hydrogen) atoms. The SMILES string of the molecule is Cn1nc(C(=O)O)c(N=Nc2ccc(N=Nc3c(S(=O)(=O)O)cc4cc(SOOO)c(N=Nc5ccc([N+](=O)[O-])cc5S(=O)(=O)O)c(O)c4c3O)c(SOOO)c2)c1O. The van der Waals surface area contributed by atoms with E-state index in [4.69, 9.17) is 10.5 Å². The number of fused-ring (bicyclic) bond motifs is 1. The van der Waals surface area contributed by atoms with Crippen LogP contribution >= 0.6 is 24.1 Å². The number of aryl methyl sites for hydroxylation is 1. The lowest BCUT2D eigenvalue weighted by molar-refractivity contribution is -0.432. The molecular formula is C27H19N9O19S4. The predicted molar refractivity (Wildman–Crippen MR) is 192 cm³/mol. The molecule has 0 aliphatic heterocycles. The molecule has 28 nitrogen and oxygen atoms in total. The standard InChI is InChI=1S/C27H19N9O19S4/c1-35-26(39)22(23(34-35)27(40)41)33-28-11-2-4-13(15(8-11)56-54-52-44)29-32-21-18(59(49,50)51)7-10-6-16(57-55-53-45)20(24(37)19(10)25(21)38)31-30-14-5-3-12(36(42)43)9-17(14)58(46,47)48/h2-9,37-39,44-45H,1H3,(H,40,41)(H,46,47,48)(H,49,50,51). The number of carbonyl (C=O) groups is 1. The summed E-state index contributed by atoms with van der Waals surface area (Å²) in [6.45, 7) is 0. The summed E-state index contributed by atoms with van der Waals surface area (Å²) in [7, 11) is -9.24. The number of nitrogens with zero attached hydrogens (tertiary/aromatic N) is 9. The molecule has 0 saturated heterocycles. The number of phenolic OH excluding ortho intramolecular Hbond substituents is 2. The smallest absolute Gasteiger partial charge is 0.358 e. The van der Waals surface area contributed by atoms with Crippen LogP contribution in [0.15, 0.2) is 98.8 Å². The van der Waals surface area contributed by atoms with Crippen LogP contribution < -0.4 is 0 Å². The first-order valence-electron chi connectivity index (χ1n) is 14.7. The molecule has 5 rings (SSSR count). The van der Waals surface area contributed by atoms with Gasteiger partial charge < -0.3 is 20.4 Å². The fraction of sp³-hybridized carbons (Fsp3) is 0.0370. The van der Waals surface area contributed by atoms with Crippen molar-refractivity contribution in [3.8, 4) is 17.4 Å². The molecule has 0 unspecified atom stereocenters. The van der Waals surface area contributed by atoms with Gasteiger partial charge >= 0.3 is 5.97 Å².